The zero-order valence-corrected chi connectivity index (χ0v) is 15.6. The smallest absolute Gasteiger partial charge is 0.329 e. The van der Waals surface area contributed by atoms with Gasteiger partial charge in [0.1, 0.15) is 6.04 Å². The molecule has 1 saturated heterocycles. The van der Waals surface area contributed by atoms with Crippen molar-refractivity contribution in [3.63, 3.8) is 0 Å². The minimum Gasteiger partial charge on any atom is -0.454 e. The van der Waals surface area contributed by atoms with Crippen molar-refractivity contribution in [2.24, 2.45) is 0 Å². The lowest BCUT2D eigenvalue weighted by molar-refractivity contribution is -0.148. The second kappa shape index (κ2) is 8.16. The van der Waals surface area contributed by atoms with Gasteiger partial charge in [0.05, 0.1) is 0 Å². The van der Waals surface area contributed by atoms with Crippen molar-refractivity contribution in [1.29, 1.82) is 0 Å². The number of ether oxygens (including phenoxy) is 1. The summed E-state index contributed by atoms with van der Waals surface area (Å²) >= 11 is 0. The molecule has 1 atom stereocenters. The Morgan fingerprint density at radius 2 is 2.00 bits per heavy atom. The quantitative estimate of drug-likeness (QED) is 0.625. The first-order chi connectivity index (χ1) is 13.7. The summed E-state index contributed by atoms with van der Waals surface area (Å²) < 4.78 is 10.7. The van der Waals surface area contributed by atoms with Crippen molar-refractivity contribution >= 4 is 11.9 Å². The summed E-state index contributed by atoms with van der Waals surface area (Å²) in [4.78, 5) is 27.4. The second-order valence-electron chi connectivity index (χ2n) is 6.74. The van der Waals surface area contributed by atoms with Crippen LogP contribution in [-0.2, 0) is 16.1 Å². The Morgan fingerprint density at radius 3 is 2.79 bits per heavy atom. The Bertz CT molecular complexity index is 927. The molecule has 0 saturated carbocycles. The van der Waals surface area contributed by atoms with E-state index in [4.69, 9.17) is 9.26 Å². The fourth-order valence-electron chi connectivity index (χ4n) is 3.22. The molecule has 144 valence electrons. The lowest BCUT2D eigenvalue weighted by Crippen LogP contribution is -2.46. The fraction of sp³-hybridized carbons (Fsp3) is 0.350. The van der Waals surface area contributed by atoms with Crippen LogP contribution in [0.2, 0.25) is 0 Å². The fourth-order valence-corrected chi connectivity index (χ4v) is 3.22. The lowest BCUT2D eigenvalue weighted by Gasteiger charge is -2.33. The first kappa shape index (κ1) is 18.1. The molecule has 0 spiro atoms. The van der Waals surface area contributed by atoms with Crippen LogP contribution in [0.15, 0.2) is 47.2 Å². The molecule has 8 nitrogen and oxygen atoms in total. The highest BCUT2D eigenvalue weighted by Gasteiger charge is 2.32. The number of piperidine rings is 1. The minimum atomic E-state index is -0.407. The highest BCUT2D eigenvalue weighted by Crippen LogP contribution is 2.23. The third-order valence-electron chi connectivity index (χ3n) is 4.70. The number of aromatic nitrogens is 4. The molecule has 1 aromatic carbocycles. The predicted molar refractivity (Wildman–Crippen MR) is 101 cm³/mol. The Kier molecular flexibility index (Phi) is 5.27. The summed E-state index contributed by atoms with van der Waals surface area (Å²) in [6.45, 7) is 2.68. The van der Waals surface area contributed by atoms with E-state index in [0.29, 0.717) is 18.2 Å². The van der Waals surface area contributed by atoms with Crippen LogP contribution in [0.4, 0.5) is 5.95 Å². The van der Waals surface area contributed by atoms with Crippen LogP contribution in [0.3, 0.4) is 0 Å². The Labute approximate surface area is 162 Å². The summed E-state index contributed by atoms with van der Waals surface area (Å²) in [6.07, 6.45) is 6.00. The molecular formula is C20H21N5O3. The van der Waals surface area contributed by atoms with Crippen molar-refractivity contribution in [3.05, 3.63) is 54.2 Å². The Morgan fingerprint density at radius 1 is 1.21 bits per heavy atom. The molecule has 0 aliphatic carbocycles. The Balaban J connectivity index is 1.40. The number of hydrogen-bond acceptors (Lipinski definition) is 8. The molecule has 0 N–H and O–H groups in total. The number of hydrogen-bond donors (Lipinski definition) is 0. The summed E-state index contributed by atoms with van der Waals surface area (Å²) in [5.41, 5.74) is 2.01. The summed E-state index contributed by atoms with van der Waals surface area (Å²) in [6, 6.07) is 9.16. The molecule has 28 heavy (non-hydrogen) atoms. The minimum absolute atomic E-state index is 0.0579. The monoisotopic (exact) mass is 379 g/mol. The maximum Gasteiger partial charge on any atom is 0.329 e. The standard InChI is InChI=1S/C20H21N5O3/c1-14-6-8-15(9-7-14)18-23-17(28-24-18)13-27-19(26)16-5-2-3-12-25(16)20-21-10-4-11-22-20/h4,6-11,16H,2-3,5,12-13H2,1H3. The van der Waals surface area contributed by atoms with Crippen LogP contribution in [0, 0.1) is 6.92 Å². The average molecular weight is 379 g/mol. The SMILES string of the molecule is Cc1ccc(-c2noc(COC(=O)C3CCCCN3c3ncccn3)n2)cc1. The number of esters is 1. The highest BCUT2D eigenvalue weighted by molar-refractivity contribution is 5.79. The topological polar surface area (TPSA) is 94.2 Å². The molecule has 1 fully saturated rings. The van der Waals surface area contributed by atoms with Crippen molar-refractivity contribution in [3.8, 4) is 11.4 Å². The molecular weight excluding hydrogens is 358 g/mol. The van der Waals surface area contributed by atoms with Gasteiger partial charge in [-0.3, -0.25) is 0 Å². The molecule has 2 aromatic heterocycles. The molecule has 1 aliphatic rings. The number of rotatable bonds is 5. The van der Waals surface area contributed by atoms with Gasteiger partial charge < -0.3 is 14.2 Å². The molecule has 0 amide bonds. The summed E-state index contributed by atoms with van der Waals surface area (Å²) in [5, 5.41) is 3.96. The highest BCUT2D eigenvalue weighted by atomic mass is 16.6. The number of anilines is 1. The number of aryl methyl sites for hydroxylation is 1. The van der Waals surface area contributed by atoms with E-state index in [-0.39, 0.29) is 18.5 Å². The van der Waals surface area contributed by atoms with Crippen molar-refractivity contribution in [2.75, 3.05) is 11.4 Å². The zero-order chi connectivity index (χ0) is 19.3. The molecule has 4 rings (SSSR count). The van der Waals surface area contributed by atoms with Gasteiger partial charge in [-0.2, -0.15) is 4.98 Å². The molecule has 8 heteroatoms. The number of benzene rings is 1. The van der Waals surface area contributed by atoms with Crippen LogP contribution in [0.25, 0.3) is 11.4 Å². The molecule has 0 bridgehead atoms. The molecule has 0 radical (unpaired) electrons. The van der Waals surface area contributed by atoms with Crippen LogP contribution in [-0.4, -0.2) is 38.7 Å². The molecule has 3 aromatic rings. The molecule has 3 heterocycles. The normalized spacial score (nSPS) is 16.8. The van der Waals surface area contributed by atoms with Crippen molar-refractivity contribution in [2.45, 2.75) is 38.8 Å². The Hall–Kier alpha value is -3.29. The number of carbonyl (C=O) groups is 1. The van der Waals surface area contributed by atoms with Gasteiger partial charge in [0.15, 0.2) is 6.61 Å². The maximum absolute atomic E-state index is 12.7. The summed E-state index contributed by atoms with van der Waals surface area (Å²) in [5.74, 6) is 0.955. The van der Waals surface area contributed by atoms with E-state index in [2.05, 4.69) is 20.1 Å². The first-order valence-corrected chi connectivity index (χ1v) is 9.30. The predicted octanol–water partition coefficient (Wildman–Crippen LogP) is 2.94. The molecule has 1 unspecified atom stereocenters. The van der Waals surface area contributed by atoms with E-state index < -0.39 is 6.04 Å². The number of carbonyl (C=O) groups excluding carboxylic acids is 1. The van der Waals surface area contributed by atoms with E-state index >= 15 is 0 Å². The van der Waals surface area contributed by atoms with Gasteiger partial charge in [-0.1, -0.05) is 35.0 Å². The number of nitrogens with zero attached hydrogens (tertiary/aromatic N) is 5. The van der Waals surface area contributed by atoms with E-state index in [1.807, 2.05) is 36.1 Å². The van der Waals surface area contributed by atoms with E-state index in [9.17, 15) is 4.79 Å². The molecule has 1 aliphatic heterocycles. The third kappa shape index (κ3) is 4.00. The largest absolute Gasteiger partial charge is 0.454 e. The van der Waals surface area contributed by atoms with Crippen molar-refractivity contribution in [1.82, 2.24) is 20.1 Å². The van der Waals surface area contributed by atoms with Crippen molar-refractivity contribution < 1.29 is 14.1 Å². The third-order valence-corrected chi connectivity index (χ3v) is 4.70. The average Bonchev–Trinajstić information content (AvgIpc) is 3.22. The van der Waals surface area contributed by atoms with Crippen LogP contribution < -0.4 is 4.90 Å². The lowest BCUT2D eigenvalue weighted by atomic mass is 10.0. The van der Waals surface area contributed by atoms with Gasteiger partial charge in [-0.05, 0) is 32.3 Å². The van der Waals surface area contributed by atoms with Crippen LogP contribution in [0.1, 0.15) is 30.7 Å². The maximum atomic E-state index is 12.7. The van der Waals surface area contributed by atoms with Crippen LogP contribution >= 0.6 is 0 Å². The van der Waals surface area contributed by atoms with Gasteiger partial charge in [0.25, 0.3) is 5.89 Å². The van der Waals surface area contributed by atoms with Gasteiger partial charge >= 0.3 is 5.97 Å². The summed E-state index contributed by atoms with van der Waals surface area (Å²) in [7, 11) is 0. The van der Waals surface area contributed by atoms with Gasteiger partial charge in [-0.15, -0.1) is 0 Å². The second-order valence-corrected chi connectivity index (χ2v) is 6.74. The van der Waals surface area contributed by atoms with Gasteiger partial charge in [-0.25, -0.2) is 14.8 Å². The van der Waals surface area contributed by atoms with E-state index in [1.165, 1.54) is 0 Å². The zero-order valence-electron chi connectivity index (χ0n) is 15.6. The van der Waals surface area contributed by atoms with Gasteiger partial charge in [0.2, 0.25) is 11.8 Å². The first-order valence-electron chi connectivity index (χ1n) is 9.30. The van der Waals surface area contributed by atoms with Gasteiger partial charge in [0, 0.05) is 24.5 Å². The van der Waals surface area contributed by atoms with E-state index in [1.54, 1.807) is 18.5 Å². The van der Waals surface area contributed by atoms with E-state index in [0.717, 1.165) is 30.5 Å². The van der Waals surface area contributed by atoms with Crippen LogP contribution in [0.5, 0.6) is 0 Å².